The van der Waals surface area contributed by atoms with Crippen molar-refractivity contribution < 1.29 is 14.3 Å². The number of ether oxygens (including phenoxy) is 1. The van der Waals surface area contributed by atoms with Gasteiger partial charge < -0.3 is 15.4 Å². The Morgan fingerprint density at radius 2 is 1.85 bits per heavy atom. The molecule has 2 aromatic rings. The second kappa shape index (κ2) is 8.22. The molecule has 0 spiro atoms. The zero-order valence-corrected chi connectivity index (χ0v) is 15.7. The molecule has 2 amide bonds. The van der Waals surface area contributed by atoms with Crippen LogP contribution in [0.2, 0.25) is 0 Å². The Kier molecular flexibility index (Phi) is 5.76. The number of piperazine rings is 1. The van der Waals surface area contributed by atoms with Crippen molar-refractivity contribution in [1.82, 2.24) is 9.80 Å². The summed E-state index contributed by atoms with van der Waals surface area (Å²) in [6.45, 7) is 3.88. The lowest BCUT2D eigenvalue weighted by Crippen LogP contribution is -2.59. The Hall–Kier alpha value is -2.86. The largest absolute Gasteiger partial charge is 0.497 e. The Morgan fingerprint density at radius 1 is 1.11 bits per heavy atom. The molecule has 1 atom stereocenters. The van der Waals surface area contributed by atoms with E-state index in [1.807, 2.05) is 30.3 Å². The third-order valence-corrected chi connectivity index (χ3v) is 4.95. The fraction of sp³-hybridized carbons (Fsp3) is 0.333. The summed E-state index contributed by atoms with van der Waals surface area (Å²) in [5.74, 6) is 0.262. The van der Waals surface area contributed by atoms with Crippen molar-refractivity contribution in [1.29, 1.82) is 0 Å². The minimum Gasteiger partial charge on any atom is -0.497 e. The number of nitrogens with two attached hydrogens (primary N) is 1. The quantitative estimate of drug-likeness (QED) is 0.875. The van der Waals surface area contributed by atoms with Gasteiger partial charge in [-0.3, -0.25) is 14.5 Å². The highest BCUT2D eigenvalue weighted by Crippen LogP contribution is 2.24. The van der Waals surface area contributed by atoms with Gasteiger partial charge in [0.2, 0.25) is 11.8 Å². The number of benzene rings is 2. The molecular weight excluding hydrogens is 342 g/mol. The number of rotatable bonds is 5. The smallest absolute Gasteiger partial charge is 0.241 e. The van der Waals surface area contributed by atoms with Gasteiger partial charge in [-0.2, -0.15) is 0 Å². The van der Waals surface area contributed by atoms with E-state index in [9.17, 15) is 9.59 Å². The van der Waals surface area contributed by atoms with Gasteiger partial charge in [0.25, 0.3) is 0 Å². The summed E-state index contributed by atoms with van der Waals surface area (Å²) in [5.41, 5.74) is 8.91. The lowest BCUT2D eigenvalue weighted by Gasteiger charge is -2.39. The monoisotopic (exact) mass is 367 g/mol. The van der Waals surface area contributed by atoms with E-state index < -0.39 is 11.9 Å². The maximum atomic E-state index is 11.8. The number of nitrogens with zero attached hydrogens (tertiary/aromatic N) is 2. The molecule has 142 valence electrons. The molecule has 0 radical (unpaired) electrons. The number of hydrogen-bond donors (Lipinski definition) is 1. The SMILES string of the molecule is COc1ccc(-c2cccc(CN3CCN(C(C)=O)C(C(N)=O)C3)c2)cc1. The molecule has 1 fully saturated rings. The Balaban J connectivity index is 1.72. The van der Waals surface area contributed by atoms with E-state index in [1.54, 1.807) is 12.0 Å². The summed E-state index contributed by atoms with van der Waals surface area (Å²) < 4.78 is 5.21. The van der Waals surface area contributed by atoms with Crippen LogP contribution in [0, 0.1) is 0 Å². The molecule has 2 aromatic carbocycles. The van der Waals surface area contributed by atoms with Crippen molar-refractivity contribution in [3.63, 3.8) is 0 Å². The average molecular weight is 367 g/mol. The summed E-state index contributed by atoms with van der Waals surface area (Å²) in [6.07, 6.45) is 0. The molecular formula is C21H25N3O3. The van der Waals surface area contributed by atoms with Crippen LogP contribution in [0.15, 0.2) is 48.5 Å². The van der Waals surface area contributed by atoms with Crippen molar-refractivity contribution >= 4 is 11.8 Å². The van der Waals surface area contributed by atoms with Gasteiger partial charge in [-0.15, -0.1) is 0 Å². The normalized spacial score (nSPS) is 17.6. The molecule has 1 heterocycles. The molecule has 0 aromatic heterocycles. The number of methoxy groups -OCH3 is 1. The lowest BCUT2D eigenvalue weighted by molar-refractivity contribution is -0.141. The van der Waals surface area contributed by atoms with Crippen molar-refractivity contribution in [3.8, 4) is 16.9 Å². The molecule has 27 heavy (non-hydrogen) atoms. The molecule has 1 saturated heterocycles. The van der Waals surface area contributed by atoms with E-state index in [1.165, 1.54) is 6.92 Å². The van der Waals surface area contributed by atoms with E-state index in [4.69, 9.17) is 10.5 Å². The summed E-state index contributed by atoms with van der Waals surface area (Å²) in [5, 5.41) is 0. The second-order valence-electron chi connectivity index (χ2n) is 6.79. The number of amides is 2. The first kappa shape index (κ1) is 18.9. The standard InChI is InChI=1S/C21H25N3O3/c1-15(25)24-11-10-23(14-20(24)21(22)26)13-16-4-3-5-18(12-16)17-6-8-19(27-2)9-7-17/h3-9,12,20H,10-11,13-14H2,1-2H3,(H2,22,26). The highest BCUT2D eigenvalue weighted by atomic mass is 16.5. The molecule has 6 heteroatoms. The predicted molar refractivity (Wildman–Crippen MR) is 104 cm³/mol. The molecule has 3 rings (SSSR count). The first-order valence-corrected chi connectivity index (χ1v) is 9.00. The van der Waals surface area contributed by atoms with Gasteiger partial charge in [-0.05, 0) is 34.9 Å². The summed E-state index contributed by atoms with van der Waals surface area (Å²) in [7, 11) is 1.65. The molecule has 1 aliphatic rings. The van der Waals surface area contributed by atoms with Gasteiger partial charge in [0.1, 0.15) is 11.8 Å². The molecule has 0 aliphatic carbocycles. The van der Waals surface area contributed by atoms with Crippen molar-refractivity contribution in [2.75, 3.05) is 26.7 Å². The van der Waals surface area contributed by atoms with Gasteiger partial charge in [0.05, 0.1) is 7.11 Å². The van der Waals surface area contributed by atoms with Crippen LogP contribution < -0.4 is 10.5 Å². The molecule has 1 aliphatic heterocycles. The highest BCUT2D eigenvalue weighted by molar-refractivity contribution is 5.86. The number of primary amides is 1. The molecule has 1 unspecified atom stereocenters. The van der Waals surface area contributed by atoms with Gasteiger partial charge in [-0.25, -0.2) is 0 Å². The van der Waals surface area contributed by atoms with Crippen LogP contribution in [0.1, 0.15) is 12.5 Å². The van der Waals surface area contributed by atoms with Crippen LogP contribution in [0.25, 0.3) is 11.1 Å². The van der Waals surface area contributed by atoms with E-state index in [2.05, 4.69) is 23.1 Å². The van der Waals surface area contributed by atoms with Gasteiger partial charge >= 0.3 is 0 Å². The zero-order chi connectivity index (χ0) is 19.4. The fourth-order valence-corrected chi connectivity index (χ4v) is 3.49. The summed E-state index contributed by atoms with van der Waals surface area (Å²) >= 11 is 0. The minimum atomic E-state index is -0.568. The Bertz CT molecular complexity index is 820. The second-order valence-corrected chi connectivity index (χ2v) is 6.79. The van der Waals surface area contributed by atoms with E-state index >= 15 is 0 Å². The predicted octanol–water partition coefficient (Wildman–Crippen LogP) is 1.88. The zero-order valence-electron chi connectivity index (χ0n) is 15.7. The number of hydrogen-bond acceptors (Lipinski definition) is 4. The molecule has 0 bridgehead atoms. The first-order chi connectivity index (χ1) is 13.0. The summed E-state index contributed by atoms with van der Waals surface area (Å²) in [6, 6.07) is 15.7. The van der Waals surface area contributed by atoms with Gasteiger partial charge in [0.15, 0.2) is 0 Å². The molecule has 6 nitrogen and oxygen atoms in total. The number of carbonyl (C=O) groups excluding carboxylic acids is 2. The topological polar surface area (TPSA) is 75.9 Å². The maximum absolute atomic E-state index is 11.8. The van der Waals surface area contributed by atoms with Crippen LogP contribution in [0.5, 0.6) is 5.75 Å². The van der Waals surface area contributed by atoms with Gasteiger partial charge in [-0.1, -0.05) is 30.3 Å². The fourth-order valence-electron chi connectivity index (χ4n) is 3.49. The van der Waals surface area contributed by atoms with Crippen molar-refractivity contribution in [2.45, 2.75) is 19.5 Å². The molecule has 0 saturated carbocycles. The average Bonchev–Trinajstić information content (AvgIpc) is 2.68. The lowest BCUT2D eigenvalue weighted by atomic mass is 10.0. The first-order valence-electron chi connectivity index (χ1n) is 9.00. The van der Waals surface area contributed by atoms with Crippen LogP contribution in [-0.2, 0) is 16.1 Å². The van der Waals surface area contributed by atoms with Crippen molar-refractivity contribution in [2.24, 2.45) is 5.73 Å². The van der Waals surface area contributed by atoms with E-state index in [0.717, 1.165) is 29.0 Å². The van der Waals surface area contributed by atoms with Crippen LogP contribution in [-0.4, -0.2) is 54.4 Å². The number of carbonyl (C=O) groups is 2. The third-order valence-electron chi connectivity index (χ3n) is 4.95. The van der Waals surface area contributed by atoms with Gasteiger partial charge in [0, 0.05) is 33.1 Å². The van der Waals surface area contributed by atoms with Crippen LogP contribution in [0.3, 0.4) is 0 Å². The summed E-state index contributed by atoms with van der Waals surface area (Å²) in [4.78, 5) is 27.2. The minimum absolute atomic E-state index is 0.111. The Morgan fingerprint density at radius 3 is 2.48 bits per heavy atom. The molecule has 2 N–H and O–H groups in total. The van der Waals surface area contributed by atoms with Crippen molar-refractivity contribution in [3.05, 3.63) is 54.1 Å². The highest BCUT2D eigenvalue weighted by Gasteiger charge is 2.32. The van der Waals surface area contributed by atoms with Crippen LogP contribution in [0.4, 0.5) is 0 Å². The van der Waals surface area contributed by atoms with E-state index in [-0.39, 0.29) is 5.91 Å². The third kappa shape index (κ3) is 4.46. The van der Waals surface area contributed by atoms with Crippen LogP contribution >= 0.6 is 0 Å². The maximum Gasteiger partial charge on any atom is 0.241 e. The van der Waals surface area contributed by atoms with E-state index in [0.29, 0.717) is 19.6 Å². The Labute approximate surface area is 159 Å².